The molecule has 1 saturated heterocycles. The van der Waals surface area contributed by atoms with Crippen molar-refractivity contribution in [1.29, 1.82) is 0 Å². The van der Waals surface area contributed by atoms with E-state index in [2.05, 4.69) is 28.8 Å². The molecule has 6 nitrogen and oxygen atoms in total. The molecule has 0 aromatic carbocycles. The summed E-state index contributed by atoms with van der Waals surface area (Å²) in [5, 5.41) is 2.92. The molecule has 1 fully saturated rings. The standard InChI is InChI=1S/C19H30N4O2S/c1-6-15(22-26(25)19(3,4)5)17-14-11-20-18(24)13(14)10-16(21-17)23-9-7-8-12(23)2/h10,12,15,22H,6-9,11H2,1-5H3,(H,20,24)/t12-,15-,26?/m1/s1. The maximum atomic E-state index is 12.6. The number of nitrogens with one attached hydrogen (secondary N) is 2. The topological polar surface area (TPSA) is 74.3 Å². The predicted molar refractivity (Wildman–Crippen MR) is 106 cm³/mol. The molecule has 26 heavy (non-hydrogen) atoms. The summed E-state index contributed by atoms with van der Waals surface area (Å²) in [5.74, 6) is 0.825. The number of amides is 1. The van der Waals surface area contributed by atoms with Gasteiger partial charge in [0, 0.05) is 30.3 Å². The molecule has 1 aromatic rings. The number of fused-ring (bicyclic) bond motifs is 1. The Balaban J connectivity index is 2.01. The summed E-state index contributed by atoms with van der Waals surface area (Å²) in [7, 11) is -1.20. The highest BCUT2D eigenvalue weighted by Gasteiger charge is 2.32. The molecule has 1 aromatic heterocycles. The highest BCUT2D eigenvalue weighted by atomic mass is 32.2. The van der Waals surface area contributed by atoms with Gasteiger partial charge in [-0.1, -0.05) is 6.92 Å². The summed E-state index contributed by atoms with van der Waals surface area (Å²) in [6.45, 7) is 11.6. The largest absolute Gasteiger partial charge is 0.354 e. The van der Waals surface area contributed by atoms with Crippen LogP contribution in [-0.2, 0) is 17.5 Å². The van der Waals surface area contributed by atoms with E-state index in [4.69, 9.17) is 4.98 Å². The van der Waals surface area contributed by atoms with Crippen LogP contribution in [0.4, 0.5) is 5.82 Å². The lowest BCUT2D eigenvalue weighted by atomic mass is 10.0. The quantitative estimate of drug-likeness (QED) is 0.826. The average Bonchev–Trinajstić information content (AvgIpc) is 3.17. The summed E-state index contributed by atoms with van der Waals surface area (Å²) in [6.07, 6.45) is 3.04. The van der Waals surface area contributed by atoms with Crippen molar-refractivity contribution in [3.8, 4) is 0 Å². The average molecular weight is 379 g/mol. The maximum Gasteiger partial charge on any atom is 0.252 e. The van der Waals surface area contributed by atoms with E-state index in [0.717, 1.165) is 42.9 Å². The van der Waals surface area contributed by atoms with Crippen molar-refractivity contribution in [2.24, 2.45) is 0 Å². The molecule has 2 aliphatic heterocycles. The number of carbonyl (C=O) groups excluding carboxylic acids is 1. The van der Waals surface area contributed by atoms with E-state index in [1.165, 1.54) is 0 Å². The zero-order valence-electron chi connectivity index (χ0n) is 16.4. The van der Waals surface area contributed by atoms with Gasteiger partial charge in [-0.3, -0.25) is 4.79 Å². The highest BCUT2D eigenvalue weighted by Crippen LogP contribution is 2.32. The van der Waals surface area contributed by atoms with E-state index in [9.17, 15) is 9.00 Å². The first kappa shape index (κ1) is 19.3. The highest BCUT2D eigenvalue weighted by molar-refractivity contribution is 7.84. The van der Waals surface area contributed by atoms with Gasteiger partial charge in [0.15, 0.2) is 0 Å². The summed E-state index contributed by atoms with van der Waals surface area (Å²) in [6, 6.07) is 2.21. The van der Waals surface area contributed by atoms with E-state index < -0.39 is 11.0 Å². The van der Waals surface area contributed by atoms with Gasteiger partial charge in [-0.2, -0.15) is 0 Å². The first-order valence-corrected chi connectivity index (χ1v) is 10.6. The minimum atomic E-state index is -1.20. The summed E-state index contributed by atoms with van der Waals surface area (Å²) < 4.78 is 15.5. The van der Waals surface area contributed by atoms with Gasteiger partial charge < -0.3 is 10.2 Å². The molecule has 1 unspecified atom stereocenters. The van der Waals surface area contributed by atoms with Crippen molar-refractivity contribution in [3.05, 3.63) is 22.9 Å². The molecule has 3 atom stereocenters. The minimum absolute atomic E-state index is 0.0384. The Hall–Kier alpha value is -1.47. The molecular formula is C19H30N4O2S. The SMILES string of the molecule is CC[C@@H](NS(=O)C(C)(C)C)c1nc(N2CCC[C@H]2C)cc2c1CNC2=O. The van der Waals surface area contributed by atoms with Gasteiger partial charge in [0.1, 0.15) is 5.82 Å². The molecule has 7 heteroatoms. The zero-order valence-corrected chi connectivity index (χ0v) is 17.2. The second-order valence-electron chi connectivity index (χ2n) is 8.22. The fraction of sp³-hybridized carbons (Fsp3) is 0.684. The second-order valence-corrected chi connectivity index (χ2v) is 10.2. The van der Waals surface area contributed by atoms with Crippen molar-refractivity contribution >= 4 is 22.7 Å². The zero-order chi connectivity index (χ0) is 19.1. The van der Waals surface area contributed by atoms with Crippen LogP contribution in [-0.4, -0.2) is 32.4 Å². The molecule has 3 heterocycles. The minimum Gasteiger partial charge on any atom is -0.354 e. The summed E-state index contributed by atoms with van der Waals surface area (Å²) in [4.78, 5) is 19.6. The first-order chi connectivity index (χ1) is 12.2. The third kappa shape index (κ3) is 3.64. The number of nitrogens with zero attached hydrogens (tertiary/aromatic N) is 2. The molecule has 2 aliphatic rings. The third-order valence-electron chi connectivity index (χ3n) is 5.20. The smallest absolute Gasteiger partial charge is 0.252 e. The summed E-state index contributed by atoms with van der Waals surface area (Å²) in [5.41, 5.74) is 2.51. The van der Waals surface area contributed by atoms with Crippen LogP contribution in [0, 0.1) is 0 Å². The number of carbonyl (C=O) groups is 1. The van der Waals surface area contributed by atoms with Gasteiger partial charge in [-0.25, -0.2) is 13.9 Å². The van der Waals surface area contributed by atoms with Crippen LogP contribution in [0.1, 0.15) is 81.5 Å². The van der Waals surface area contributed by atoms with Crippen LogP contribution < -0.4 is 14.9 Å². The van der Waals surface area contributed by atoms with Crippen LogP contribution >= 0.6 is 0 Å². The van der Waals surface area contributed by atoms with Gasteiger partial charge >= 0.3 is 0 Å². The lowest BCUT2D eigenvalue weighted by Gasteiger charge is -2.27. The molecule has 0 spiro atoms. The van der Waals surface area contributed by atoms with Crippen molar-refractivity contribution < 1.29 is 9.00 Å². The Kier molecular flexibility index (Phi) is 5.40. The maximum absolute atomic E-state index is 12.6. The Bertz CT molecular complexity index is 729. The lowest BCUT2D eigenvalue weighted by molar-refractivity contribution is 0.0965. The van der Waals surface area contributed by atoms with Crippen molar-refractivity contribution in [2.45, 2.75) is 77.3 Å². The van der Waals surface area contributed by atoms with Crippen LogP contribution in [0.3, 0.4) is 0 Å². The van der Waals surface area contributed by atoms with E-state index in [1.807, 2.05) is 26.8 Å². The number of anilines is 1. The number of hydrogen-bond donors (Lipinski definition) is 2. The molecule has 0 radical (unpaired) electrons. The van der Waals surface area contributed by atoms with Crippen molar-refractivity contribution in [3.63, 3.8) is 0 Å². The lowest BCUT2D eigenvalue weighted by Crippen LogP contribution is -2.36. The Morgan fingerprint density at radius 3 is 2.77 bits per heavy atom. The van der Waals surface area contributed by atoms with Crippen molar-refractivity contribution in [2.75, 3.05) is 11.4 Å². The number of hydrogen-bond acceptors (Lipinski definition) is 4. The molecule has 0 saturated carbocycles. The van der Waals surface area contributed by atoms with Crippen LogP contribution in [0.15, 0.2) is 6.07 Å². The molecule has 1 amide bonds. The fourth-order valence-electron chi connectivity index (χ4n) is 3.58. The molecule has 2 N–H and O–H groups in total. The van der Waals surface area contributed by atoms with Crippen LogP contribution in [0.5, 0.6) is 0 Å². The van der Waals surface area contributed by atoms with E-state index in [0.29, 0.717) is 18.2 Å². The molecular weight excluding hydrogens is 348 g/mol. The van der Waals surface area contributed by atoms with Gasteiger partial charge in [-0.15, -0.1) is 0 Å². The van der Waals surface area contributed by atoms with Crippen LogP contribution in [0.25, 0.3) is 0 Å². The number of pyridine rings is 1. The van der Waals surface area contributed by atoms with Gasteiger partial charge in [-0.05, 0) is 53.0 Å². The monoisotopic (exact) mass is 378 g/mol. The summed E-state index contributed by atoms with van der Waals surface area (Å²) >= 11 is 0. The Labute approximate surface area is 158 Å². The Morgan fingerprint density at radius 2 is 2.19 bits per heavy atom. The predicted octanol–water partition coefficient (Wildman–Crippen LogP) is 2.82. The molecule has 144 valence electrons. The van der Waals surface area contributed by atoms with Gasteiger partial charge in [0.2, 0.25) is 0 Å². The normalized spacial score (nSPS) is 22.3. The van der Waals surface area contributed by atoms with E-state index in [-0.39, 0.29) is 16.7 Å². The van der Waals surface area contributed by atoms with Crippen molar-refractivity contribution in [1.82, 2.24) is 15.0 Å². The van der Waals surface area contributed by atoms with E-state index >= 15 is 0 Å². The first-order valence-electron chi connectivity index (χ1n) is 9.49. The number of aromatic nitrogens is 1. The molecule has 0 bridgehead atoms. The van der Waals surface area contributed by atoms with Crippen LogP contribution in [0.2, 0.25) is 0 Å². The second kappa shape index (κ2) is 7.27. The number of rotatable bonds is 5. The van der Waals surface area contributed by atoms with Gasteiger partial charge in [0.25, 0.3) is 5.91 Å². The van der Waals surface area contributed by atoms with Gasteiger partial charge in [0.05, 0.1) is 27.5 Å². The third-order valence-corrected chi connectivity index (χ3v) is 6.82. The van der Waals surface area contributed by atoms with E-state index in [1.54, 1.807) is 0 Å². The molecule has 3 rings (SSSR count). The molecule has 0 aliphatic carbocycles. The fourth-order valence-corrected chi connectivity index (χ4v) is 4.47. The Morgan fingerprint density at radius 1 is 1.46 bits per heavy atom.